The third kappa shape index (κ3) is 3.47. The molecule has 5 nitrogen and oxygen atoms in total. The Morgan fingerprint density at radius 1 is 0.758 bits per heavy atom. The van der Waals surface area contributed by atoms with Crippen LogP contribution in [-0.2, 0) is 9.47 Å². The first-order valence-electron chi connectivity index (χ1n) is 10.2. The number of pyridine rings is 1. The lowest BCUT2D eigenvalue weighted by atomic mass is 9.92. The molecule has 0 atom stereocenters. The van der Waals surface area contributed by atoms with Gasteiger partial charge in [-0.1, -0.05) is 54.1 Å². The van der Waals surface area contributed by atoms with Crippen molar-refractivity contribution in [3.63, 3.8) is 0 Å². The maximum Gasteiger partial charge on any atom is 0.340 e. The minimum absolute atomic E-state index is 0.0415. The molecule has 0 fully saturated rings. The zero-order valence-corrected chi connectivity index (χ0v) is 18.6. The summed E-state index contributed by atoms with van der Waals surface area (Å²) in [4.78, 5) is 31.0. The van der Waals surface area contributed by atoms with Crippen LogP contribution < -0.4 is 0 Å². The van der Waals surface area contributed by atoms with E-state index < -0.39 is 11.9 Å². The molecule has 0 aliphatic rings. The average molecular weight is 456 g/mol. The first kappa shape index (κ1) is 20.9. The summed E-state index contributed by atoms with van der Waals surface area (Å²) in [6, 6.07) is 22.8. The van der Waals surface area contributed by atoms with Crippen molar-refractivity contribution in [1.82, 2.24) is 4.98 Å². The van der Waals surface area contributed by atoms with E-state index in [0.717, 1.165) is 21.5 Å². The second kappa shape index (κ2) is 8.19. The van der Waals surface area contributed by atoms with Crippen LogP contribution in [0.5, 0.6) is 0 Å². The highest BCUT2D eigenvalue weighted by Crippen LogP contribution is 2.37. The number of methoxy groups -OCH3 is 2. The zero-order valence-electron chi connectivity index (χ0n) is 17.9. The summed E-state index contributed by atoms with van der Waals surface area (Å²) < 4.78 is 10.2. The Hall–Kier alpha value is -3.96. The quantitative estimate of drug-likeness (QED) is 0.178. The highest BCUT2D eigenvalue weighted by atomic mass is 35.5. The number of hydrogen-bond acceptors (Lipinski definition) is 5. The summed E-state index contributed by atoms with van der Waals surface area (Å²) in [6.07, 6.45) is 0. The predicted octanol–water partition coefficient (Wildman–Crippen LogP) is 6.43. The maximum atomic E-state index is 13.1. The molecule has 5 rings (SSSR count). The number of carbonyl (C=O) groups is 2. The van der Waals surface area contributed by atoms with Gasteiger partial charge in [0.15, 0.2) is 0 Å². The van der Waals surface area contributed by atoms with Gasteiger partial charge in [-0.2, -0.15) is 0 Å². The Balaban J connectivity index is 2.00. The van der Waals surface area contributed by atoms with Gasteiger partial charge in [-0.25, -0.2) is 14.6 Å². The predicted molar refractivity (Wildman–Crippen MR) is 130 cm³/mol. The highest BCUT2D eigenvalue weighted by Gasteiger charge is 2.29. The molecule has 162 valence electrons. The van der Waals surface area contributed by atoms with Gasteiger partial charge in [0, 0.05) is 16.0 Å². The molecule has 0 radical (unpaired) electrons. The number of hydrogen-bond donors (Lipinski definition) is 0. The van der Waals surface area contributed by atoms with Crippen LogP contribution in [-0.4, -0.2) is 31.1 Å². The molecule has 0 N–H and O–H groups in total. The van der Waals surface area contributed by atoms with Gasteiger partial charge in [0.25, 0.3) is 0 Å². The Morgan fingerprint density at radius 2 is 1.45 bits per heavy atom. The fourth-order valence-corrected chi connectivity index (χ4v) is 4.42. The Labute approximate surface area is 194 Å². The molecule has 1 heterocycles. The van der Waals surface area contributed by atoms with Gasteiger partial charge in [0.1, 0.15) is 5.56 Å². The lowest BCUT2D eigenvalue weighted by Crippen LogP contribution is -2.15. The molecule has 0 aliphatic heterocycles. The first-order chi connectivity index (χ1) is 16.0. The van der Waals surface area contributed by atoms with E-state index in [1.54, 1.807) is 24.3 Å². The van der Waals surface area contributed by atoms with Crippen LogP contribution in [0.1, 0.15) is 20.7 Å². The van der Waals surface area contributed by atoms with Crippen molar-refractivity contribution in [2.45, 2.75) is 0 Å². The van der Waals surface area contributed by atoms with E-state index >= 15 is 0 Å². The van der Waals surface area contributed by atoms with Gasteiger partial charge in [-0.05, 0) is 51.9 Å². The largest absolute Gasteiger partial charge is 0.465 e. The van der Waals surface area contributed by atoms with Crippen molar-refractivity contribution >= 4 is 56.0 Å². The summed E-state index contributed by atoms with van der Waals surface area (Å²) in [7, 11) is 2.56. The van der Waals surface area contributed by atoms with Crippen LogP contribution in [0.3, 0.4) is 0 Å². The van der Waals surface area contributed by atoms with Gasteiger partial charge in [0.05, 0.1) is 31.0 Å². The van der Waals surface area contributed by atoms with Crippen LogP contribution in [0.25, 0.3) is 43.7 Å². The molecule has 6 heteroatoms. The zero-order chi connectivity index (χ0) is 23.1. The Morgan fingerprint density at radius 3 is 2.15 bits per heavy atom. The lowest BCUT2D eigenvalue weighted by molar-refractivity contribution is 0.0557. The second-order valence-corrected chi connectivity index (χ2v) is 8.02. The monoisotopic (exact) mass is 455 g/mol. The standard InChI is InChI=1S/C27H18ClNO4/c1-32-26(30)23-22-20-14-16-7-4-3-6-15(16)12-17(20)10-11-21(22)29-25(24(23)27(31)33-2)18-8-5-9-19(28)13-18/h3-14H,1-2H3. The highest BCUT2D eigenvalue weighted by molar-refractivity contribution is 6.31. The minimum atomic E-state index is -0.683. The summed E-state index contributed by atoms with van der Waals surface area (Å²) in [6.45, 7) is 0. The van der Waals surface area contributed by atoms with E-state index in [1.165, 1.54) is 14.2 Å². The molecule has 0 saturated carbocycles. The van der Waals surface area contributed by atoms with Gasteiger partial charge in [-0.15, -0.1) is 0 Å². The van der Waals surface area contributed by atoms with Gasteiger partial charge in [-0.3, -0.25) is 0 Å². The molecule has 0 amide bonds. The van der Waals surface area contributed by atoms with E-state index in [0.29, 0.717) is 27.2 Å². The number of esters is 2. The van der Waals surface area contributed by atoms with E-state index in [4.69, 9.17) is 26.1 Å². The van der Waals surface area contributed by atoms with Crippen LogP contribution in [0.15, 0.2) is 72.8 Å². The van der Waals surface area contributed by atoms with Crippen LogP contribution in [0.4, 0.5) is 0 Å². The van der Waals surface area contributed by atoms with E-state index in [2.05, 4.69) is 0 Å². The molecular formula is C27H18ClNO4. The summed E-state index contributed by atoms with van der Waals surface area (Å²) >= 11 is 6.21. The Bertz CT molecular complexity index is 1590. The number of nitrogens with zero attached hydrogens (tertiary/aromatic N) is 1. The summed E-state index contributed by atoms with van der Waals surface area (Å²) in [5, 5.41) is 4.81. The van der Waals surface area contributed by atoms with E-state index in [-0.39, 0.29) is 11.1 Å². The molecule has 0 unspecified atom stereocenters. The number of benzene rings is 4. The summed E-state index contributed by atoms with van der Waals surface area (Å²) in [5.41, 5.74) is 1.61. The van der Waals surface area contributed by atoms with Gasteiger partial charge in [0.2, 0.25) is 0 Å². The molecule has 0 bridgehead atoms. The van der Waals surface area contributed by atoms with Crippen molar-refractivity contribution in [1.29, 1.82) is 0 Å². The van der Waals surface area contributed by atoms with Crippen LogP contribution >= 0.6 is 11.6 Å². The number of halogens is 1. The molecule has 33 heavy (non-hydrogen) atoms. The number of rotatable bonds is 3. The fraction of sp³-hybridized carbons (Fsp3) is 0.0741. The average Bonchev–Trinajstić information content (AvgIpc) is 2.85. The van der Waals surface area contributed by atoms with Crippen LogP contribution in [0, 0.1) is 0 Å². The number of ether oxygens (including phenoxy) is 2. The summed E-state index contributed by atoms with van der Waals surface area (Å²) in [5.74, 6) is -1.33. The third-order valence-electron chi connectivity index (χ3n) is 5.71. The first-order valence-corrected chi connectivity index (χ1v) is 10.6. The minimum Gasteiger partial charge on any atom is -0.465 e. The molecular weight excluding hydrogens is 438 g/mol. The number of fused-ring (bicyclic) bond motifs is 4. The van der Waals surface area contributed by atoms with E-state index in [9.17, 15) is 9.59 Å². The number of aromatic nitrogens is 1. The van der Waals surface area contributed by atoms with Crippen molar-refractivity contribution in [2.24, 2.45) is 0 Å². The van der Waals surface area contributed by atoms with Crippen molar-refractivity contribution in [3.05, 3.63) is 88.9 Å². The third-order valence-corrected chi connectivity index (χ3v) is 5.95. The smallest absolute Gasteiger partial charge is 0.340 e. The molecule has 0 spiro atoms. The van der Waals surface area contributed by atoms with Crippen molar-refractivity contribution < 1.29 is 19.1 Å². The molecule has 0 saturated heterocycles. The molecule has 0 aliphatic carbocycles. The topological polar surface area (TPSA) is 65.5 Å². The normalized spacial score (nSPS) is 11.1. The Kier molecular flexibility index (Phi) is 5.19. The SMILES string of the molecule is COC(=O)c1c(-c2cccc(Cl)c2)nc2ccc3cc4ccccc4cc3c2c1C(=O)OC. The van der Waals surface area contributed by atoms with Gasteiger partial charge >= 0.3 is 11.9 Å². The van der Waals surface area contributed by atoms with Gasteiger partial charge < -0.3 is 9.47 Å². The van der Waals surface area contributed by atoms with Crippen molar-refractivity contribution in [3.8, 4) is 11.3 Å². The van der Waals surface area contributed by atoms with Crippen molar-refractivity contribution in [2.75, 3.05) is 14.2 Å². The lowest BCUT2D eigenvalue weighted by Gasteiger charge is -2.16. The molecule has 1 aromatic heterocycles. The van der Waals surface area contributed by atoms with E-state index in [1.807, 2.05) is 48.5 Å². The number of carbonyl (C=O) groups excluding carboxylic acids is 2. The fourth-order valence-electron chi connectivity index (χ4n) is 4.23. The molecule has 5 aromatic rings. The second-order valence-electron chi connectivity index (χ2n) is 7.58. The maximum absolute atomic E-state index is 13.1. The molecule has 4 aromatic carbocycles. The van der Waals surface area contributed by atoms with Crippen LogP contribution in [0.2, 0.25) is 5.02 Å².